The lowest BCUT2D eigenvalue weighted by Gasteiger charge is -2.46. The molecule has 0 aromatic heterocycles. The Morgan fingerprint density at radius 2 is 1.65 bits per heavy atom. The molecule has 0 unspecified atom stereocenters. The number of fused-ring (bicyclic) bond motifs is 6. The third-order valence-corrected chi connectivity index (χ3v) is 9.03. The number of rotatable bonds is 1. The van der Waals surface area contributed by atoms with Gasteiger partial charge in [-0.2, -0.15) is 0 Å². The van der Waals surface area contributed by atoms with Crippen molar-refractivity contribution in [1.82, 2.24) is 4.90 Å². The molecule has 3 aromatic rings. The number of nitrogens with zero attached hydrogens (tertiary/aromatic N) is 1. The molecule has 2 aliphatic carbocycles. The normalized spacial score (nSPS) is 34.0. The number of hydrogen-bond donors (Lipinski definition) is 1. The molecule has 2 spiro atoms. The Labute approximate surface area is 199 Å². The minimum absolute atomic E-state index is 0.0486. The SMILES string of the molecule is O=C1c2cccc3cccc(c23)[C@]12N1CCC[C@@H]1[C@@H]([C]1[CH][CH][CH][CH]1)[C@]21C(=O)Nc2ccccc21. The maximum atomic E-state index is 14.9. The first-order chi connectivity index (χ1) is 16.7. The van der Waals surface area contributed by atoms with Gasteiger partial charge in [0.1, 0.15) is 11.0 Å². The molecule has 8 rings (SSSR count). The molecule has 4 atom stereocenters. The fourth-order valence-electron chi connectivity index (χ4n) is 8.14. The summed E-state index contributed by atoms with van der Waals surface area (Å²) in [5, 5.41) is 5.30. The van der Waals surface area contributed by atoms with E-state index in [9.17, 15) is 9.59 Å². The van der Waals surface area contributed by atoms with Crippen LogP contribution in [0, 0.1) is 37.5 Å². The second kappa shape index (κ2) is 6.37. The van der Waals surface area contributed by atoms with Gasteiger partial charge in [-0.25, -0.2) is 0 Å². The Kier molecular flexibility index (Phi) is 3.62. The van der Waals surface area contributed by atoms with Gasteiger partial charge < -0.3 is 5.32 Å². The van der Waals surface area contributed by atoms with Crippen LogP contribution >= 0.6 is 0 Å². The van der Waals surface area contributed by atoms with E-state index in [1.807, 2.05) is 30.3 Å². The zero-order chi connectivity index (χ0) is 22.7. The monoisotopic (exact) mass is 443 g/mol. The van der Waals surface area contributed by atoms with Gasteiger partial charge in [-0.15, -0.1) is 0 Å². The molecule has 4 nitrogen and oxygen atoms in total. The summed E-state index contributed by atoms with van der Waals surface area (Å²) in [5.74, 6) is 1.07. The summed E-state index contributed by atoms with van der Waals surface area (Å²) in [4.78, 5) is 31.8. The molecule has 4 heteroatoms. The zero-order valence-corrected chi connectivity index (χ0v) is 18.6. The number of anilines is 1. The van der Waals surface area contributed by atoms with Crippen molar-refractivity contribution in [3.63, 3.8) is 0 Å². The number of benzene rings is 3. The summed E-state index contributed by atoms with van der Waals surface area (Å²) in [5.41, 5.74) is 1.44. The molecular weight excluding hydrogens is 420 g/mol. The van der Waals surface area contributed by atoms with Gasteiger partial charge in [0.2, 0.25) is 5.91 Å². The van der Waals surface area contributed by atoms with E-state index < -0.39 is 11.0 Å². The molecule has 34 heavy (non-hydrogen) atoms. The van der Waals surface area contributed by atoms with Crippen LogP contribution < -0.4 is 5.32 Å². The van der Waals surface area contributed by atoms with E-state index >= 15 is 0 Å². The first-order valence-electron chi connectivity index (χ1n) is 12.2. The molecule has 0 bridgehead atoms. The fourth-order valence-corrected chi connectivity index (χ4v) is 8.14. The number of ketones is 1. The van der Waals surface area contributed by atoms with Gasteiger partial charge in [0, 0.05) is 23.2 Å². The lowest BCUT2D eigenvalue weighted by atomic mass is 9.55. The highest BCUT2D eigenvalue weighted by molar-refractivity contribution is 6.25. The lowest BCUT2D eigenvalue weighted by Crippen LogP contribution is -2.61. The van der Waals surface area contributed by atoms with Crippen LogP contribution in [-0.2, 0) is 15.7 Å². The van der Waals surface area contributed by atoms with Gasteiger partial charge in [-0.05, 0) is 79.0 Å². The summed E-state index contributed by atoms with van der Waals surface area (Å²) in [6, 6.07) is 20.4. The second-order valence-corrected chi connectivity index (χ2v) is 10.2. The molecular formula is C30H23N2O2. The van der Waals surface area contributed by atoms with E-state index in [4.69, 9.17) is 0 Å². The summed E-state index contributed by atoms with van der Waals surface area (Å²) in [6.45, 7) is 0.815. The number of nitrogens with one attached hydrogen (secondary N) is 1. The minimum atomic E-state index is -1.06. The number of carbonyl (C=O) groups excluding carboxylic acids is 2. The second-order valence-electron chi connectivity index (χ2n) is 10.2. The van der Waals surface area contributed by atoms with E-state index in [1.54, 1.807) is 0 Å². The predicted octanol–water partition coefficient (Wildman–Crippen LogP) is 4.62. The predicted molar refractivity (Wildman–Crippen MR) is 130 cm³/mol. The van der Waals surface area contributed by atoms with E-state index in [0.29, 0.717) is 0 Å². The van der Waals surface area contributed by atoms with Crippen molar-refractivity contribution < 1.29 is 9.59 Å². The zero-order valence-electron chi connectivity index (χ0n) is 18.6. The Morgan fingerprint density at radius 1 is 0.882 bits per heavy atom. The number of hydrogen-bond acceptors (Lipinski definition) is 3. The first kappa shape index (κ1) is 19.3. The smallest absolute Gasteiger partial charge is 0.238 e. The highest BCUT2D eigenvalue weighted by Gasteiger charge is 2.80. The van der Waals surface area contributed by atoms with Crippen LogP contribution in [0.1, 0.15) is 34.3 Å². The maximum absolute atomic E-state index is 14.9. The molecule has 165 valence electrons. The molecule has 1 amide bonds. The van der Waals surface area contributed by atoms with Crippen LogP contribution in [0.25, 0.3) is 10.8 Å². The highest BCUT2D eigenvalue weighted by atomic mass is 16.2. The van der Waals surface area contributed by atoms with E-state index in [-0.39, 0.29) is 23.7 Å². The molecule has 1 saturated carbocycles. The van der Waals surface area contributed by atoms with E-state index in [2.05, 4.69) is 66.2 Å². The average molecular weight is 444 g/mol. The summed E-state index contributed by atoms with van der Waals surface area (Å²) >= 11 is 0. The standard InChI is InChI=1S/C30H23N2O2/c33-27-20-12-5-10-18-11-6-14-22(25(18)20)30(27)29(21-13-3-4-15-23(21)31-28(29)34)26(19-8-1-2-9-19)24-16-7-17-32(24)30/h1-6,8-15,24,26H,7,16-17H2,(H,31,34)/t24-,26-,29-,30+/m1/s1. The quantitative estimate of drug-likeness (QED) is 0.597. The largest absolute Gasteiger partial charge is 0.325 e. The van der Waals surface area contributed by atoms with Crippen molar-refractivity contribution in [2.45, 2.75) is 29.8 Å². The van der Waals surface area contributed by atoms with Crippen LogP contribution in [-0.4, -0.2) is 29.2 Å². The number of carbonyl (C=O) groups is 2. The van der Waals surface area contributed by atoms with Crippen molar-refractivity contribution in [2.75, 3.05) is 11.9 Å². The number of amides is 1. The molecule has 3 aliphatic heterocycles. The van der Waals surface area contributed by atoms with Crippen LogP contribution in [0.3, 0.4) is 0 Å². The van der Waals surface area contributed by atoms with Crippen molar-refractivity contribution in [2.24, 2.45) is 5.92 Å². The molecule has 3 heterocycles. The fraction of sp³-hybridized carbons (Fsp3) is 0.233. The Morgan fingerprint density at radius 3 is 2.50 bits per heavy atom. The number of Topliss-reactive ketones (excluding diaryl/α,β-unsaturated/α-hetero) is 1. The molecule has 2 saturated heterocycles. The van der Waals surface area contributed by atoms with Gasteiger partial charge in [0.15, 0.2) is 5.78 Å². The van der Waals surface area contributed by atoms with Gasteiger partial charge >= 0.3 is 0 Å². The van der Waals surface area contributed by atoms with Crippen molar-refractivity contribution in [3.8, 4) is 0 Å². The molecule has 5 aliphatic rings. The van der Waals surface area contributed by atoms with Crippen LogP contribution in [0.15, 0.2) is 60.7 Å². The minimum Gasteiger partial charge on any atom is -0.325 e. The van der Waals surface area contributed by atoms with Gasteiger partial charge in [0.25, 0.3) is 0 Å². The van der Waals surface area contributed by atoms with Crippen molar-refractivity contribution in [1.29, 1.82) is 0 Å². The van der Waals surface area contributed by atoms with Crippen molar-refractivity contribution in [3.05, 3.63) is 109 Å². The molecule has 3 aromatic carbocycles. The Balaban J connectivity index is 1.54. The summed E-state index contributed by atoms with van der Waals surface area (Å²) in [6.07, 6.45) is 10.4. The third kappa shape index (κ3) is 1.88. The Bertz CT molecular complexity index is 1400. The van der Waals surface area contributed by atoms with Gasteiger partial charge in [-0.1, -0.05) is 54.6 Å². The van der Waals surface area contributed by atoms with E-state index in [0.717, 1.165) is 58.5 Å². The lowest BCUT2D eigenvalue weighted by molar-refractivity contribution is -0.124. The molecule has 3 fully saturated rings. The van der Waals surface area contributed by atoms with Gasteiger partial charge in [0.05, 0.1) is 0 Å². The highest BCUT2D eigenvalue weighted by Crippen LogP contribution is 2.70. The van der Waals surface area contributed by atoms with Crippen LogP contribution in [0.4, 0.5) is 5.69 Å². The first-order valence-corrected chi connectivity index (χ1v) is 12.2. The molecule has 1 N–H and O–H groups in total. The Hall–Kier alpha value is -2.98. The summed E-state index contributed by atoms with van der Waals surface area (Å²) < 4.78 is 0. The molecule has 5 radical (unpaired) electrons. The van der Waals surface area contributed by atoms with E-state index in [1.165, 1.54) is 0 Å². The maximum Gasteiger partial charge on any atom is 0.238 e. The van der Waals surface area contributed by atoms with Crippen molar-refractivity contribution >= 4 is 28.2 Å². The summed E-state index contributed by atoms with van der Waals surface area (Å²) in [7, 11) is 0. The number of para-hydroxylation sites is 1. The average Bonchev–Trinajstić information content (AvgIpc) is 3.66. The topological polar surface area (TPSA) is 49.4 Å². The van der Waals surface area contributed by atoms with Crippen LogP contribution in [0.2, 0.25) is 0 Å². The third-order valence-electron chi connectivity index (χ3n) is 9.03. The van der Waals surface area contributed by atoms with Crippen LogP contribution in [0.5, 0.6) is 0 Å². The van der Waals surface area contributed by atoms with Gasteiger partial charge in [-0.3, -0.25) is 14.5 Å².